The molecule has 0 bridgehead atoms. The molecule has 0 aliphatic rings. The van der Waals surface area contributed by atoms with E-state index < -0.39 is 0 Å². The van der Waals surface area contributed by atoms with E-state index in [1.807, 2.05) is 78.9 Å². The Morgan fingerprint density at radius 2 is 1.07 bits per heavy atom. The predicted octanol–water partition coefficient (Wildman–Crippen LogP) is 9.64. The van der Waals surface area contributed by atoms with E-state index in [-0.39, 0.29) is 0 Å². The average Bonchev–Trinajstić information content (AvgIpc) is 3.46. The fraction of sp³-hybridized carbons (Fsp3) is 0. The molecule has 5 nitrogen and oxygen atoms in total. The molecule has 8 rings (SSSR count). The van der Waals surface area contributed by atoms with Crippen molar-refractivity contribution in [1.29, 1.82) is 0 Å². The second kappa shape index (κ2) is 9.91. The maximum absolute atomic E-state index is 6.61. The normalized spacial score (nSPS) is 11.5. The van der Waals surface area contributed by atoms with E-state index in [1.165, 1.54) is 0 Å². The van der Waals surface area contributed by atoms with Gasteiger partial charge in [0.1, 0.15) is 0 Å². The number of pyridine rings is 1. The van der Waals surface area contributed by atoms with Crippen molar-refractivity contribution in [2.75, 3.05) is 0 Å². The highest BCUT2D eigenvalue weighted by Crippen LogP contribution is 2.43. The number of furan rings is 1. The number of fused-ring (bicyclic) bond motifs is 4. The molecule has 0 atom stereocenters. The quantitative estimate of drug-likeness (QED) is 0.214. The summed E-state index contributed by atoms with van der Waals surface area (Å²) < 4.78 is 6.14. The summed E-state index contributed by atoms with van der Waals surface area (Å²) in [6.45, 7) is 0. The van der Waals surface area contributed by atoms with Gasteiger partial charge >= 0.3 is 0 Å². The van der Waals surface area contributed by atoms with Crippen molar-refractivity contribution in [1.82, 2.24) is 19.9 Å². The molecule has 0 N–H and O–H groups in total. The van der Waals surface area contributed by atoms with Crippen molar-refractivity contribution in [3.63, 3.8) is 0 Å². The first-order chi connectivity index (χ1) is 20.7. The molecule has 0 radical (unpaired) electrons. The fourth-order valence-corrected chi connectivity index (χ4v) is 5.78. The minimum atomic E-state index is 0.568. The molecule has 8 aromatic rings. The van der Waals surface area contributed by atoms with E-state index in [2.05, 4.69) is 41.4 Å². The molecular formula is C36H21ClN4O. The van der Waals surface area contributed by atoms with Gasteiger partial charge in [-0.25, -0.2) is 15.0 Å². The number of hydrogen-bond acceptors (Lipinski definition) is 5. The van der Waals surface area contributed by atoms with Crippen molar-refractivity contribution in [2.24, 2.45) is 0 Å². The molecule has 3 aromatic heterocycles. The van der Waals surface area contributed by atoms with Crippen molar-refractivity contribution in [3.05, 3.63) is 133 Å². The van der Waals surface area contributed by atoms with E-state index in [0.717, 1.165) is 49.4 Å². The van der Waals surface area contributed by atoms with Crippen molar-refractivity contribution in [2.45, 2.75) is 0 Å². The number of halogens is 1. The topological polar surface area (TPSA) is 64.7 Å². The Morgan fingerprint density at radius 1 is 0.500 bits per heavy atom. The zero-order chi connectivity index (χ0) is 28.0. The second-order valence-electron chi connectivity index (χ2n) is 10.0. The molecule has 42 heavy (non-hydrogen) atoms. The Morgan fingerprint density at radius 3 is 1.76 bits per heavy atom. The summed E-state index contributed by atoms with van der Waals surface area (Å²) in [7, 11) is 0. The van der Waals surface area contributed by atoms with Gasteiger partial charge in [-0.05, 0) is 40.1 Å². The third kappa shape index (κ3) is 4.02. The van der Waals surface area contributed by atoms with Gasteiger partial charge in [0, 0.05) is 33.7 Å². The van der Waals surface area contributed by atoms with Gasteiger partial charge < -0.3 is 4.42 Å². The number of benzene rings is 5. The Balaban J connectivity index is 1.38. The third-order valence-electron chi connectivity index (χ3n) is 7.53. The standard InChI is InChI=1S/C36H21ClN4O/c37-30-18-17-27(32-29-19-20-38-21-31(29)42-33(30)32)26-15-16-28(25-14-8-7-13-24(25)26)36-40-34(22-9-3-1-4-10-22)39-35(41-36)23-11-5-2-6-12-23/h1-21H. The minimum absolute atomic E-state index is 0.568. The van der Waals surface area contributed by atoms with Crippen LogP contribution in [0.25, 0.3) is 78.0 Å². The highest BCUT2D eigenvalue weighted by atomic mass is 35.5. The van der Waals surface area contributed by atoms with Crippen LogP contribution in [0.5, 0.6) is 0 Å². The lowest BCUT2D eigenvalue weighted by atomic mass is 9.92. The van der Waals surface area contributed by atoms with Crippen molar-refractivity contribution >= 4 is 44.3 Å². The summed E-state index contributed by atoms with van der Waals surface area (Å²) in [5, 5.41) is 4.62. The zero-order valence-electron chi connectivity index (χ0n) is 22.2. The Kier molecular flexibility index (Phi) is 5.76. The average molecular weight is 561 g/mol. The van der Waals surface area contributed by atoms with Gasteiger partial charge in [-0.15, -0.1) is 0 Å². The molecule has 6 heteroatoms. The summed E-state index contributed by atoms with van der Waals surface area (Å²) in [4.78, 5) is 19.1. The number of hydrogen-bond donors (Lipinski definition) is 0. The molecular weight excluding hydrogens is 540 g/mol. The Labute approximate surface area is 246 Å². The van der Waals surface area contributed by atoms with Crippen LogP contribution in [0.15, 0.2) is 132 Å². The molecule has 0 unspecified atom stereocenters. The first kappa shape index (κ1) is 24.4. The lowest BCUT2D eigenvalue weighted by Crippen LogP contribution is -2.00. The van der Waals surface area contributed by atoms with Crippen LogP contribution in [0.1, 0.15) is 0 Å². The van der Waals surface area contributed by atoms with Gasteiger partial charge in [-0.3, -0.25) is 4.98 Å². The molecule has 0 saturated heterocycles. The third-order valence-corrected chi connectivity index (χ3v) is 7.83. The van der Waals surface area contributed by atoms with Gasteiger partial charge in [0.25, 0.3) is 0 Å². The van der Waals surface area contributed by atoms with Crippen LogP contribution in [0, 0.1) is 0 Å². The van der Waals surface area contributed by atoms with E-state index >= 15 is 0 Å². The van der Waals surface area contributed by atoms with Gasteiger partial charge in [-0.2, -0.15) is 0 Å². The van der Waals surface area contributed by atoms with Crippen LogP contribution in [-0.2, 0) is 0 Å². The molecule has 0 spiro atoms. The van der Waals surface area contributed by atoms with Crippen LogP contribution in [0.2, 0.25) is 5.02 Å². The summed E-state index contributed by atoms with van der Waals surface area (Å²) in [6, 6.07) is 38.5. The largest absolute Gasteiger partial charge is 0.453 e. The number of aromatic nitrogens is 4. The van der Waals surface area contributed by atoms with Crippen molar-refractivity contribution in [3.8, 4) is 45.3 Å². The predicted molar refractivity (Wildman–Crippen MR) is 169 cm³/mol. The van der Waals surface area contributed by atoms with Crippen LogP contribution in [0.3, 0.4) is 0 Å². The monoisotopic (exact) mass is 560 g/mol. The van der Waals surface area contributed by atoms with Gasteiger partial charge in [-0.1, -0.05) is 109 Å². The molecule has 0 saturated carbocycles. The van der Waals surface area contributed by atoms with Gasteiger partial charge in [0.05, 0.1) is 11.2 Å². The van der Waals surface area contributed by atoms with Crippen LogP contribution >= 0.6 is 11.6 Å². The SMILES string of the molecule is Clc1ccc(-c2ccc(-c3nc(-c4ccccc4)nc(-c4ccccc4)n3)c3ccccc23)c2c1oc1cnccc12. The molecule has 0 aliphatic heterocycles. The van der Waals surface area contributed by atoms with Crippen LogP contribution in [0.4, 0.5) is 0 Å². The molecule has 0 aliphatic carbocycles. The number of rotatable bonds is 4. The summed E-state index contributed by atoms with van der Waals surface area (Å²) in [6.07, 6.45) is 3.50. The maximum atomic E-state index is 6.61. The number of nitrogens with zero attached hydrogens (tertiary/aromatic N) is 4. The Bertz CT molecular complexity index is 2210. The second-order valence-corrected chi connectivity index (χ2v) is 10.4. The first-order valence-corrected chi connectivity index (χ1v) is 14.0. The fourth-order valence-electron chi connectivity index (χ4n) is 5.58. The summed E-state index contributed by atoms with van der Waals surface area (Å²) >= 11 is 6.61. The first-order valence-electron chi connectivity index (χ1n) is 13.6. The van der Waals surface area contributed by atoms with E-state index in [1.54, 1.807) is 12.4 Å². The van der Waals surface area contributed by atoms with Crippen molar-refractivity contribution < 1.29 is 4.42 Å². The van der Waals surface area contributed by atoms with Gasteiger partial charge in [0.15, 0.2) is 28.6 Å². The molecule has 3 heterocycles. The molecule has 5 aromatic carbocycles. The summed E-state index contributed by atoms with van der Waals surface area (Å²) in [5.41, 5.74) is 6.26. The summed E-state index contributed by atoms with van der Waals surface area (Å²) in [5.74, 6) is 1.88. The molecule has 0 amide bonds. The molecule has 0 fully saturated rings. The van der Waals surface area contributed by atoms with Crippen LogP contribution < -0.4 is 0 Å². The van der Waals surface area contributed by atoms with E-state index in [0.29, 0.717) is 33.7 Å². The van der Waals surface area contributed by atoms with Gasteiger partial charge in [0.2, 0.25) is 0 Å². The van der Waals surface area contributed by atoms with E-state index in [4.69, 9.17) is 31.0 Å². The lowest BCUT2D eigenvalue weighted by molar-refractivity contribution is 0.667. The van der Waals surface area contributed by atoms with E-state index in [9.17, 15) is 0 Å². The zero-order valence-corrected chi connectivity index (χ0v) is 23.0. The molecule has 198 valence electrons. The maximum Gasteiger partial charge on any atom is 0.164 e. The smallest absolute Gasteiger partial charge is 0.164 e. The van der Waals surface area contributed by atoms with Crippen LogP contribution in [-0.4, -0.2) is 19.9 Å². The minimum Gasteiger partial charge on any atom is -0.453 e. The Hall–Kier alpha value is -5.39. The lowest BCUT2D eigenvalue weighted by Gasteiger charge is -2.14. The highest BCUT2D eigenvalue weighted by Gasteiger charge is 2.19. The highest BCUT2D eigenvalue weighted by molar-refractivity contribution is 6.37.